The Hall–Kier alpha value is -1.39. The van der Waals surface area contributed by atoms with Crippen molar-refractivity contribution >= 4 is 5.71 Å². The first kappa shape index (κ1) is 11.7. The predicted octanol–water partition coefficient (Wildman–Crippen LogP) is 1.40. The lowest BCUT2D eigenvalue weighted by atomic mass is 10.1. The smallest absolute Gasteiger partial charge is 0.244 e. The Morgan fingerprint density at radius 3 is 2.80 bits per heavy atom. The van der Waals surface area contributed by atoms with Gasteiger partial charge in [-0.3, -0.25) is 0 Å². The molecule has 0 aliphatic carbocycles. The molecule has 0 spiro atoms. The molecule has 0 atom stereocenters. The van der Waals surface area contributed by atoms with E-state index in [2.05, 4.69) is 29.1 Å². The maximum Gasteiger partial charge on any atom is 0.364 e. The lowest BCUT2D eigenvalue weighted by Crippen LogP contribution is -2.16. The lowest BCUT2D eigenvalue weighted by Gasteiger charge is -2.04. The molecule has 0 radical (unpaired) electrons. The van der Waals surface area contributed by atoms with E-state index in [1.165, 1.54) is 4.68 Å². The van der Waals surface area contributed by atoms with Crippen molar-refractivity contribution in [3.8, 4) is 0 Å². The molecule has 84 valence electrons. The summed E-state index contributed by atoms with van der Waals surface area (Å²) < 4.78 is 1.34. The van der Waals surface area contributed by atoms with Gasteiger partial charge in [0.2, 0.25) is 0 Å². The zero-order valence-electron chi connectivity index (χ0n) is 9.74. The van der Waals surface area contributed by atoms with Crippen molar-refractivity contribution in [1.29, 1.82) is 0 Å². The Morgan fingerprint density at radius 1 is 1.60 bits per heavy atom. The monoisotopic (exact) mass is 210 g/mol. The predicted molar refractivity (Wildman–Crippen MR) is 60.2 cm³/mol. The van der Waals surface area contributed by atoms with Gasteiger partial charge < -0.3 is 0 Å². The van der Waals surface area contributed by atoms with Crippen molar-refractivity contribution in [3.63, 3.8) is 0 Å². The van der Waals surface area contributed by atoms with Crippen molar-refractivity contribution in [2.24, 2.45) is 11.0 Å². The second-order valence-corrected chi connectivity index (χ2v) is 4.04. The van der Waals surface area contributed by atoms with Crippen LogP contribution in [0.3, 0.4) is 0 Å². The van der Waals surface area contributed by atoms with Gasteiger partial charge in [-0.15, -0.1) is 0 Å². The minimum absolute atomic E-state index is 0.269. The number of aromatic amines is 1. The number of H-pyrrole nitrogens is 1. The SMILES string of the molecule is CCc1n[nH]c(=O)n1/N=C(\C)CC(C)C. The van der Waals surface area contributed by atoms with Crippen LogP contribution < -0.4 is 5.69 Å². The Morgan fingerprint density at radius 2 is 2.27 bits per heavy atom. The van der Waals surface area contributed by atoms with Crippen molar-refractivity contribution in [1.82, 2.24) is 14.9 Å². The molecule has 0 saturated carbocycles. The maximum atomic E-state index is 11.4. The molecule has 0 aliphatic heterocycles. The summed E-state index contributed by atoms with van der Waals surface area (Å²) in [6, 6.07) is 0. The Balaban J connectivity index is 2.96. The molecule has 0 aromatic carbocycles. The second kappa shape index (κ2) is 4.91. The average Bonchev–Trinajstić information content (AvgIpc) is 2.46. The fourth-order valence-electron chi connectivity index (χ4n) is 1.46. The number of nitrogens with zero attached hydrogens (tertiary/aromatic N) is 3. The van der Waals surface area contributed by atoms with Gasteiger partial charge in [-0.1, -0.05) is 20.8 Å². The molecule has 0 fully saturated rings. The molecular formula is C10H18N4O. The summed E-state index contributed by atoms with van der Waals surface area (Å²) in [6.07, 6.45) is 1.58. The fourth-order valence-corrected chi connectivity index (χ4v) is 1.46. The molecule has 5 nitrogen and oxygen atoms in total. The second-order valence-electron chi connectivity index (χ2n) is 4.04. The quantitative estimate of drug-likeness (QED) is 0.763. The van der Waals surface area contributed by atoms with Crippen molar-refractivity contribution in [2.75, 3.05) is 0 Å². The molecule has 15 heavy (non-hydrogen) atoms. The van der Waals surface area contributed by atoms with E-state index >= 15 is 0 Å². The highest BCUT2D eigenvalue weighted by Crippen LogP contribution is 2.02. The lowest BCUT2D eigenvalue weighted by molar-refractivity contribution is 0.670. The first-order valence-corrected chi connectivity index (χ1v) is 5.25. The van der Waals surface area contributed by atoms with Crippen LogP contribution >= 0.6 is 0 Å². The zero-order chi connectivity index (χ0) is 11.4. The summed E-state index contributed by atoms with van der Waals surface area (Å²) in [6.45, 7) is 8.12. The first-order valence-electron chi connectivity index (χ1n) is 5.25. The summed E-state index contributed by atoms with van der Waals surface area (Å²) in [7, 11) is 0. The van der Waals surface area contributed by atoms with E-state index < -0.39 is 0 Å². The van der Waals surface area contributed by atoms with Crippen LogP contribution in [-0.2, 0) is 6.42 Å². The van der Waals surface area contributed by atoms with Gasteiger partial charge in [0.25, 0.3) is 0 Å². The molecule has 0 bridgehead atoms. The third-order valence-electron chi connectivity index (χ3n) is 2.01. The Kier molecular flexibility index (Phi) is 3.82. The molecule has 1 rings (SSSR count). The number of hydrogen-bond acceptors (Lipinski definition) is 3. The van der Waals surface area contributed by atoms with Gasteiger partial charge in [0.15, 0.2) is 5.82 Å². The molecule has 0 aliphatic rings. The molecule has 1 heterocycles. The highest BCUT2D eigenvalue weighted by Gasteiger charge is 2.05. The van der Waals surface area contributed by atoms with Crippen molar-refractivity contribution in [3.05, 3.63) is 16.3 Å². The third-order valence-corrected chi connectivity index (χ3v) is 2.01. The molecule has 5 heteroatoms. The van der Waals surface area contributed by atoms with Gasteiger partial charge in [0, 0.05) is 12.1 Å². The topological polar surface area (TPSA) is 63.0 Å². The van der Waals surface area contributed by atoms with Crippen molar-refractivity contribution in [2.45, 2.75) is 40.5 Å². The van der Waals surface area contributed by atoms with E-state index in [0.717, 1.165) is 12.1 Å². The average molecular weight is 210 g/mol. The van der Waals surface area contributed by atoms with Gasteiger partial charge in [-0.25, -0.2) is 9.89 Å². The summed E-state index contributed by atoms with van der Waals surface area (Å²) in [5, 5.41) is 10.5. The highest BCUT2D eigenvalue weighted by molar-refractivity contribution is 5.81. The van der Waals surface area contributed by atoms with Gasteiger partial charge in [-0.05, 0) is 19.3 Å². The van der Waals surface area contributed by atoms with Crippen LogP contribution in [0.5, 0.6) is 0 Å². The van der Waals surface area contributed by atoms with Crippen molar-refractivity contribution < 1.29 is 0 Å². The van der Waals surface area contributed by atoms with E-state index in [-0.39, 0.29) is 5.69 Å². The maximum absolute atomic E-state index is 11.4. The Bertz CT molecular complexity index is 400. The first-order chi connectivity index (χ1) is 7.04. The van der Waals surface area contributed by atoms with Crippen LogP contribution in [0.1, 0.15) is 39.9 Å². The van der Waals surface area contributed by atoms with Crippen LogP contribution in [-0.4, -0.2) is 20.6 Å². The van der Waals surface area contributed by atoms with E-state index in [1.54, 1.807) is 0 Å². The molecule has 0 unspecified atom stereocenters. The van der Waals surface area contributed by atoms with E-state index in [1.807, 2.05) is 13.8 Å². The van der Waals surface area contributed by atoms with Gasteiger partial charge in [-0.2, -0.15) is 14.9 Å². The fraction of sp³-hybridized carbons (Fsp3) is 0.700. The molecular weight excluding hydrogens is 192 g/mol. The van der Waals surface area contributed by atoms with E-state index in [9.17, 15) is 4.79 Å². The number of nitrogens with one attached hydrogen (secondary N) is 1. The van der Waals surface area contributed by atoms with Gasteiger partial charge in [0.1, 0.15) is 0 Å². The zero-order valence-corrected chi connectivity index (χ0v) is 9.74. The van der Waals surface area contributed by atoms with E-state index in [0.29, 0.717) is 18.2 Å². The molecule has 0 amide bonds. The van der Waals surface area contributed by atoms with Crippen LogP contribution in [0, 0.1) is 5.92 Å². The normalized spacial score (nSPS) is 12.5. The van der Waals surface area contributed by atoms with Crippen LogP contribution in [0.15, 0.2) is 9.90 Å². The minimum Gasteiger partial charge on any atom is -0.244 e. The van der Waals surface area contributed by atoms with Gasteiger partial charge >= 0.3 is 5.69 Å². The highest BCUT2D eigenvalue weighted by atomic mass is 16.2. The summed E-state index contributed by atoms with van der Waals surface area (Å²) >= 11 is 0. The molecule has 1 N–H and O–H groups in total. The largest absolute Gasteiger partial charge is 0.364 e. The number of aryl methyl sites for hydroxylation is 1. The molecule has 1 aromatic heterocycles. The summed E-state index contributed by atoms with van der Waals surface area (Å²) in [5.74, 6) is 1.21. The molecule has 0 saturated heterocycles. The number of hydrogen-bond donors (Lipinski definition) is 1. The summed E-state index contributed by atoms with van der Waals surface area (Å²) in [5.41, 5.74) is 0.679. The number of rotatable bonds is 4. The standard InChI is InChI=1S/C10H18N4O/c1-5-9-11-12-10(15)14(9)13-8(4)6-7(2)3/h7H,5-6H2,1-4H3,(H,12,15)/b13-8+. The van der Waals surface area contributed by atoms with Crippen LogP contribution in [0.25, 0.3) is 0 Å². The van der Waals surface area contributed by atoms with Gasteiger partial charge in [0.05, 0.1) is 0 Å². The van der Waals surface area contributed by atoms with Crippen LogP contribution in [0.2, 0.25) is 0 Å². The summed E-state index contributed by atoms with van der Waals surface area (Å²) in [4.78, 5) is 11.4. The van der Waals surface area contributed by atoms with Crippen LogP contribution in [0.4, 0.5) is 0 Å². The van der Waals surface area contributed by atoms with E-state index in [4.69, 9.17) is 0 Å². The number of aromatic nitrogens is 3. The minimum atomic E-state index is -0.269. The third kappa shape index (κ3) is 3.04. The molecule has 1 aromatic rings. The Labute approximate surface area is 89.2 Å².